The first-order chi connectivity index (χ1) is 6.85. The lowest BCUT2D eigenvalue weighted by Gasteiger charge is -2.13. The summed E-state index contributed by atoms with van der Waals surface area (Å²) >= 11 is 5.60. The summed E-state index contributed by atoms with van der Waals surface area (Å²) in [4.78, 5) is 0. The summed E-state index contributed by atoms with van der Waals surface area (Å²) in [6.45, 7) is -0.407. The molecule has 0 saturated carbocycles. The van der Waals surface area contributed by atoms with Gasteiger partial charge in [-0.3, -0.25) is 0 Å². The summed E-state index contributed by atoms with van der Waals surface area (Å²) in [5.41, 5.74) is 5.19. The lowest BCUT2D eigenvalue weighted by molar-refractivity contribution is -0.274. The van der Waals surface area contributed by atoms with Gasteiger partial charge in [0.1, 0.15) is 0 Å². The fourth-order valence-corrected chi connectivity index (χ4v) is 1.17. The van der Waals surface area contributed by atoms with E-state index in [9.17, 15) is 13.2 Å². The first-order valence-electron chi connectivity index (χ1n) is 3.78. The van der Waals surface area contributed by atoms with Crippen LogP contribution in [0.2, 0.25) is 5.02 Å². The van der Waals surface area contributed by atoms with Crippen LogP contribution in [0.3, 0.4) is 0 Å². The summed E-state index contributed by atoms with van der Waals surface area (Å²) < 4.78 is 39.2. The third kappa shape index (κ3) is 2.90. The van der Waals surface area contributed by atoms with Gasteiger partial charge < -0.3 is 15.6 Å². The number of ether oxygens (including phenoxy) is 1. The van der Waals surface area contributed by atoms with Gasteiger partial charge in [0.05, 0.1) is 17.3 Å². The molecule has 0 radical (unpaired) electrons. The first-order valence-corrected chi connectivity index (χ1v) is 4.16. The number of rotatable bonds is 2. The Labute approximate surface area is 88.2 Å². The molecule has 0 aliphatic rings. The minimum atomic E-state index is -4.82. The molecule has 0 fully saturated rings. The second-order valence-corrected chi connectivity index (χ2v) is 3.03. The van der Waals surface area contributed by atoms with Crippen molar-refractivity contribution in [2.75, 3.05) is 5.73 Å². The number of benzene rings is 1. The van der Waals surface area contributed by atoms with E-state index < -0.39 is 18.7 Å². The van der Waals surface area contributed by atoms with E-state index in [-0.39, 0.29) is 16.3 Å². The molecular formula is C8H7ClF3NO2. The molecule has 84 valence electrons. The van der Waals surface area contributed by atoms with Crippen LogP contribution in [0.15, 0.2) is 12.1 Å². The van der Waals surface area contributed by atoms with Crippen molar-refractivity contribution in [3.05, 3.63) is 22.7 Å². The van der Waals surface area contributed by atoms with Gasteiger partial charge in [-0.05, 0) is 11.6 Å². The van der Waals surface area contributed by atoms with Crippen molar-refractivity contribution >= 4 is 17.3 Å². The molecule has 0 atom stereocenters. The molecule has 0 bridgehead atoms. The number of hydrogen-bond acceptors (Lipinski definition) is 3. The Kier molecular flexibility index (Phi) is 3.31. The van der Waals surface area contributed by atoms with Crippen LogP contribution in [-0.2, 0) is 6.61 Å². The van der Waals surface area contributed by atoms with E-state index in [1.54, 1.807) is 0 Å². The molecule has 0 aromatic heterocycles. The predicted octanol–water partition coefficient (Wildman–Crippen LogP) is 2.31. The SMILES string of the molecule is Nc1c(OC(F)(F)F)ccc(CO)c1Cl. The van der Waals surface area contributed by atoms with Crippen LogP contribution < -0.4 is 10.5 Å². The van der Waals surface area contributed by atoms with Crippen LogP contribution in [-0.4, -0.2) is 11.5 Å². The predicted molar refractivity (Wildman–Crippen MR) is 48.5 cm³/mol. The number of aliphatic hydroxyl groups excluding tert-OH is 1. The topological polar surface area (TPSA) is 55.5 Å². The quantitative estimate of drug-likeness (QED) is 0.782. The maximum absolute atomic E-state index is 11.9. The summed E-state index contributed by atoms with van der Waals surface area (Å²) in [6.07, 6.45) is -4.82. The van der Waals surface area contributed by atoms with E-state index in [2.05, 4.69) is 4.74 Å². The van der Waals surface area contributed by atoms with Gasteiger partial charge in [0.25, 0.3) is 0 Å². The van der Waals surface area contributed by atoms with Gasteiger partial charge >= 0.3 is 6.36 Å². The van der Waals surface area contributed by atoms with Crippen molar-refractivity contribution in [3.8, 4) is 5.75 Å². The van der Waals surface area contributed by atoms with Crippen molar-refractivity contribution in [2.24, 2.45) is 0 Å². The average Bonchev–Trinajstić information content (AvgIpc) is 2.11. The highest BCUT2D eigenvalue weighted by Crippen LogP contribution is 2.35. The lowest BCUT2D eigenvalue weighted by atomic mass is 10.2. The molecule has 0 amide bonds. The highest BCUT2D eigenvalue weighted by molar-refractivity contribution is 6.34. The van der Waals surface area contributed by atoms with Crippen LogP contribution in [0.25, 0.3) is 0 Å². The van der Waals surface area contributed by atoms with Gasteiger partial charge in [-0.25, -0.2) is 0 Å². The van der Waals surface area contributed by atoms with Crippen molar-refractivity contribution in [1.29, 1.82) is 0 Å². The lowest BCUT2D eigenvalue weighted by Crippen LogP contribution is -2.18. The minimum Gasteiger partial charge on any atom is -0.404 e. The number of nitrogens with two attached hydrogens (primary N) is 1. The molecule has 1 rings (SSSR count). The molecule has 0 unspecified atom stereocenters. The average molecular weight is 242 g/mol. The fourth-order valence-electron chi connectivity index (χ4n) is 0.956. The second-order valence-electron chi connectivity index (χ2n) is 2.66. The van der Waals surface area contributed by atoms with E-state index in [0.717, 1.165) is 6.07 Å². The van der Waals surface area contributed by atoms with Gasteiger partial charge in [-0.2, -0.15) is 0 Å². The summed E-state index contributed by atoms with van der Waals surface area (Å²) in [6, 6.07) is 2.21. The Hall–Kier alpha value is -1.14. The number of hydrogen-bond donors (Lipinski definition) is 2. The van der Waals surface area contributed by atoms with Crippen LogP contribution in [0.4, 0.5) is 18.9 Å². The second kappa shape index (κ2) is 4.16. The zero-order valence-electron chi connectivity index (χ0n) is 7.31. The van der Waals surface area contributed by atoms with Gasteiger partial charge in [-0.15, -0.1) is 13.2 Å². The number of aliphatic hydroxyl groups is 1. The highest BCUT2D eigenvalue weighted by Gasteiger charge is 2.32. The van der Waals surface area contributed by atoms with Gasteiger partial charge in [-0.1, -0.05) is 17.7 Å². The number of nitrogen functional groups attached to an aromatic ring is 1. The Morgan fingerprint density at radius 3 is 2.47 bits per heavy atom. The Balaban J connectivity index is 3.07. The third-order valence-corrected chi connectivity index (χ3v) is 2.06. The number of alkyl halides is 3. The largest absolute Gasteiger partial charge is 0.573 e. The van der Waals surface area contributed by atoms with E-state index >= 15 is 0 Å². The molecule has 0 aliphatic carbocycles. The zero-order valence-corrected chi connectivity index (χ0v) is 8.06. The standard InChI is InChI=1S/C8H7ClF3NO2/c9-6-4(3-14)1-2-5(7(6)13)15-8(10,11)12/h1-2,14H,3,13H2. The Bertz CT molecular complexity index is 368. The first kappa shape index (κ1) is 11.9. The molecule has 0 spiro atoms. The fraction of sp³-hybridized carbons (Fsp3) is 0.250. The Morgan fingerprint density at radius 2 is 2.00 bits per heavy atom. The normalized spacial score (nSPS) is 11.5. The van der Waals surface area contributed by atoms with Gasteiger partial charge in [0.15, 0.2) is 5.75 Å². The molecule has 3 nitrogen and oxygen atoms in total. The van der Waals surface area contributed by atoms with Crippen LogP contribution >= 0.6 is 11.6 Å². The molecule has 7 heteroatoms. The van der Waals surface area contributed by atoms with Gasteiger partial charge in [0.2, 0.25) is 0 Å². The highest BCUT2D eigenvalue weighted by atomic mass is 35.5. The van der Waals surface area contributed by atoms with Crippen molar-refractivity contribution in [1.82, 2.24) is 0 Å². The molecule has 15 heavy (non-hydrogen) atoms. The monoisotopic (exact) mass is 241 g/mol. The minimum absolute atomic E-state index is 0.140. The molecule has 0 heterocycles. The van der Waals surface area contributed by atoms with Crippen LogP contribution in [0, 0.1) is 0 Å². The summed E-state index contributed by atoms with van der Waals surface area (Å²) in [5, 5.41) is 8.62. The van der Waals surface area contributed by atoms with Gasteiger partial charge in [0, 0.05) is 0 Å². The van der Waals surface area contributed by atoms with E-state index in [1.807, 2.05) is 0 Å². The molecule has 1 aromatic rings. The Morgan fingerprint density at radius 1 is 1.40 bits per heavy atom. The zero-order chi connectivity index (χ0) is 11.6. The van der Waals surface area contributed by atoms with E-state index in [0.29, 0.717) is 0 Å². The van der Waals surface area contributed by atoms with Crippen molar-refractivity contribution in [3.63, 3.8) is 0 Å². The molecule has 3 N–H and O–H groups in total. The molecule has 1 aromatic carbocycles. The van der Waals surface area contributed by atoms with E-state index in [4.69, 9.17) is 22.4 Å². The molecular weight excluding hydrogens is 235 g/mol. The summed E-state index contributed by atoms with van der Waals surface area (Å²) in [5.74, 6) is -0.579. The van der Waals surface area contributed by atoms with Crippen LogP contribution in [0.5, 0.6) is 5.75 Å². The van der Waals surface area contributed by atoms with E-state index in [1.165, 1.54) is 6.07 Å². The number of anilines is 1. The smallest absolute Gasteiger partial charge is 0.404 e. The maximum Gasteiger partial charge on any atom is 0.573 e. The number of halogens is 4. The molecule has 0 saturated heterocycles. The van der Waals surface area contributed by atoms with Crippen LogP contribution in [0.1, 0.15) is 5.56 Å². The maximum atomic E-state index is 11.9. The van der Waals surface area contributed by atoms with Crippen molar-refractivity contribution < 1.29 is 23.0 Å². The summed E-state index contributed by atoms with van der Waals surface area (Å²) in [7, 11) is 0. The molecule has 0 aliphatic heterocycles. The van der Waals surface area contributed by atoms with Crippen molar-refractivity contribution in [2.45, 2.75) is 13.0 Å². The third-order valence-electron chi connectivity index (χ3n) is 1.62.